The largest absolute Gasteiger partial charge is 0.490 e. The zero-order valence-corrected chi connectivity index (χ0v) is 23.1. The van der Waals surface area contributed by atoms with Gasteiger partial charge in [-0.1, -0.05) is 6.92 Å². The Labute approximate surface area is 225 Å². The van der Waals surface area contributed by atoms with E-state index in [1.165, 1.54) is 0 Å². The van der Waals surface area contributed by atoms with Crippen LogP contribution in [0.4, 0.5) is 10.5 Å². The molecule has 1 amide bonds. The highest BCUT2D eigenvalue weighted by atomic mass is 16.6. The number of nitrogen functional groups attached to an aromatic ring is 1. The van der Waals surface area contributed by atoms with Gasteiger partial charge in [-0.2, -0.15) is 0 Å². The summed E-state index contributed by atoms with van der Waals surface area (Å²) in [5, 5.41) is 0.841. The van der Waals surface area contributed by atoms with E-state index in [9.17, 15) is 4.79 Å². The van der Waals surface area contributed by atoms with E-state index in [0.29, 0.717) is 55.2 Å². The number of fused-ring (bicyclic) bond motifs is 1. The number of amides is 1. The van der Waals surface area contributed by atoms with Crippen LogP contribution in [-0.2, 0) is 4.74 Å². The van der Waals surface area contributed by atoms with Crippen molar-refractivity contribution in [3.05, 3.63) is 48.2 Å². The highest BCUT2D eigenvalue weighted by molar-refractivity contribution is 5.88. The zero-order chi connectivity index (χ0) is 27.3. The molecule has 2 heterocycles. The fraction of sp³-hybridized carbons (Fsp3) is 0.467. The molecule has 0 unspecified atom stereocenters. The number of benzene rings is 2. The molecule has 0 aliphatic carbocycles. The van der Waals surface area contributed by atoms with Crippen LogP contribution in [0.2, 0.25) is 0 Å². The molecule has 3 aromatic rings. The van der Waals surface area contributed by atoms with Crippen molar-refractivity contribution >= 4 is 22.7 Å². The Bertz CT molecular complexity index is 1260. The van der Waals surface area contributed by atoms with Crippen molar-refractivity contribution in [2.45, 2.75) is 59.5 Å². The fourth-order valence-corrected chi connectivity index (χ4v) is 4.38. The average molecular weight is 522 g/mol. The minimum absolute atomic E-state index is 0.250. The maximum absolute atomic E-state index is 12.4. The number of carbonyl (C=O) groups excluding carboxylic acids is 1. The van der Waals surface area contributed by atoms with Crippen LogP contribution in [0.1, 0.15) is 52.5 Å². The summed E-state index contributed by atoms with van der Waals surface area (Å²) in [5.74, 6) is 3.08. The lowest BCUT2D eigenvalue weighted by Crippen LogP contribution is -2.42. The minimum atomic E-state index is -0.491. The molecule has 8 heteroatoms. The third-order valence-electron chi connectivity index (χ3n) is 6.39. The van der Waals surface area contributed by atoms with Crippen LogP contribution in [0, 0.1) is 12.8 Å². The number of hydrogen-bond acceptors (Lipinski definition) is 7. The standard InChI is InChI=1S/C30H39N3O5/c1-6-15-35-27-17-23-24(32-12-9-26(23)37-25-8-7-22(31)16-20(25)2)18-28(27)36-19-21-10-13-33(14-11-21)29(34)38-30(3,4)5/h7-9,12,16-18,21H,6,10-11,13-15,19,31H2,1-5H3. The molecule has 38 heavy (non-hydrogen) atoms. The molecule has 0 radical (unpaired) electrons. The first-order valence-corrected chi connectivity index (χ1v) is 13.3. The number of likely N-dealkylation sites (tertiary alicyclic amines) is 1. The number of pyridine rings is 1. The number of nitrogens with zero attached hydrogens (tertiary/aromatic N) is 2. The smallest absolute Gasteiger partial charge is 0.410 e. The fourth-order valence-electron chi connectivity index (χ4n) is 4.38. The molecule has 8 nitrogen and oxygen atoms in total. The van der Waals surface area contributed by atoms with E-state index >= 15 is 0 Å². The van der Waals surface area contributed by atoms with Gasteiger partial charge in [0, 0.05) is 36.4 Å². The van der Waals surface area contributed by atoms with E-state index < -0.39 is 5.60 Å². The Morgan fingerprint density at radius 1 is 1.03 bits per heavy atom. The van der Waals surface area contributed by atoms with Crippen LogP contribution in [0.15, 0.2) is 42.6 Å². The number of ether oxygens (including phenoxy) is 4. The van der Waals surface area contributed by atoms with E-state index in [0.717, 1.165) is 41.5 Å². The number of anilines is 1. The quantitative estimate of drug-likeness (QED) is 0.328. The molecular weight excluding hydrogens is 482 g/mol. The van der Waals surface area contributed by atoms with Gasteiger partial charge in [-0.05, 0) is 88.8 Å². The monoisotopic (exact) mass is 521 g/mol. The Morgan fingerprint density at radius 2 is 1.76 bits per heavy atom. The van der Waals surface area contributed by atoms with Crippen molar-refractivity contribution in [2.75, 3.05) is 32.0 Å². The maximum Gasteiger partial charge on any atom is 0.410 e. The van der Waals surface area contributed by atoms with E-state index in [1.807, 2.05) is 64.1 Å². The van der Waals surface area contributed by atoms with Crippen molar-refractivity contribution < 1.29 is 23.7 Å². The predicted molar refractivity (Wildman–Crippen MR) is 149 cm³/mol. The SMILES string of the molecule is CCCOc1cc2c(Oc3ccc(N)cc3C)ccnc2cc1OCC1CCN(C(=O)OC(C)(C)C)CC1. The first-order chi connectivity index (χ1) is 18.1. The van der Waals surface area contributed by atoms with Gasteiger partial charge in [0.05, 0.1) is 18.7 Å². The van der Waals surface area contributed by atoms with Crippen LogP contribution >= 0.6 is 0 Å². The first kappa shape index (κ1) is 27.4. The molecule has 4 rings (SSSR count). The molecule has 1 aliphatic heterocycles. The van der Waals surface area contributed by atoms with Crippen LogP contribution < -0.4 is 19.9 Å². The van der Waals surface area contributed by atoms with Gasteiger partial charge in [0.2, 0.25) is 0 Å². The summed E-state index contributed by atoms with van der Waals surface area (Å²) in [4.78, 5) is 18.7. The first-order valence-electron chi connectivity index (χ1n) is 13.3. The summed E-state index contributed by atoms with van der Waals surface area (Å²) in [6.45, 7) is 12.1. The second-order valence-electron chi connectivity index (χ2n) is 10.8. The molecule has 1 aromatic heterocycles. The highest BCUT2D eigenvalue weighted by Crippen LogP contribution is 2.38. The van der Waals surface area contributed by atoms with Crippen LogP contribution in [-0.4, -0.2) is 47.9 Å². The number of piperidine rings is 1. The van der Waals surface area contributed by atoms with Crippen LogP contribution in [0.5, 0.6) is 23.0 Å². The summed E-state index contributed by atoms with van der Waals surface area (Å²) in [7, 11) is 0. The molecule has 0 spiro atoms. The number of hydrogen-bond donors (Lipinski definition) is 1. The van der Waals surface area contributed by atoms with E-state index in [-0.39, 0.29) is 6.09 Å². The molecule has 0 bridgehead atoms. The topological polar surface area (TPSA) is 96.1 Å². The molecule has 0 saturated carbocycles. The molecule has 2 N–H and O–H groups in total. The van der Waals surface area contributed by atoms with Gasteiger partial charge in [0.25, 0.3) is 0 Å². The van der Waals surface area contributed by atoms with Gasteiger partial charge < -0.3 is 29.6 Å². The second kappa shape index (κ2) is 11.8. The zero-order valence-electron chi connectivity index (χ0n) is 23.1. The lowest BCUT2D eigenvalue weighted by Gasteiger charge is -2.33. The highest BCUT2D eigenvalue weighted by Gasteiger charge is 2.27. The number of aryl methyl sites for hydroxylation is 1. The number of carbonyl (C=O) groups is 1. The van der Waals surface area contributed by atoms with Gasteiger partial charge in [0.1, 0.15) is 17.1 Å². The third-order valence-corrected chi connectivity index (χ3v) is 6.39. The lowest BCUT2D eigenvalue weighted by atomic mass is 9.98. The summed E-state index contributed by atoms with van der Waals surface area (Å²) in [6, 6.07) is 11.3. The third kappa shape index (κ3) is 7.00. The number of rotatable bonds is 8. The van der Waals surface area contributed by atoms with Crippen molar-refractivity contribution in [3.8, 4) is 23.0 Å². The average Bonchev–Trinajstić information content (AvgIpc) is 2.87. The normalized spacial score (nSPS) is 14.4. The van der Waals surface area contributed by atoms with Gasteiger partial charge in [-0.25, -0.2) is 4.79 Å². The van der Waals surface area contributed by atoms with Crippen molar-refractivity contribution in [2.24, 2.45) is 5.92 Å². The van der Waals surface area contributed by atoms with Gasteiger partial charge in [0.15, 0.2) is 11.5 Å². The molecule has 1 saturated heterocycles. The van der Waals surface area contributed by atoms with Gasteiger partial charge in [-0.15, -0.1) is 0 Å². The van der Waals surface area contributed by atoms with E-state index in [4.69, 9.17) is 24.7 Å². The van der Waals surface area contributed by atoms with E-state index in [2.05, 4.69) is 11.9 Å². The molecule has 204 valence electrons. The molecule has 0 atom stereocenters. The minimum Gasteiger partial charge on any atom is -0.490 e. The van der Waals surface area contributed by atoms with E-state index in [1.54, 1.807) is 11.1 Å². The molecule has 2 aromatic carbocycles. The predicted octanol–water partition coefficient (Wildman–Crippen LogP) is 6.73. The summed E-state index contributed by atoms with van der Waals surface area (Å²) < 4.78 is 24.1. The second-order valence-corrected chi connectivity index (χ2v) is 10.8. The summed E-state index contributed by atoms with van der Waals surface area (Å²) >= 11 is 0. The molecule has 1 fully saturated rings. The lowest BCUT2D eigenvalue weighted by molar-refractivity contribution is 0.0164. The summed E-state index contributed by atoms with van der Waals surface area (Å²) in [6.07, 6.45) is 4.07. The van der Waals surface area contributed by atoms with Gasteiger partial charge in [-0.3, -0.25) is 4.98 Å². The Balaban J connectivity index is 1.48. The van der Waals surface area contributed by atoms with Crippen molar-refractivity contribution in [1.82, 2.24) is 9.88 Å². The van der Waals surface area contributed by atoms with Crippen molar-refractivity contribution in [1.29, 1.82) is 0 Å². The molecular formula is C30H39N3O5. The number of nitrogens with two attached hydrogens (primary N) is 1. The van der Waals surface area contributed by atoms with Gasteiger partial charge >= 0.3 is 6.09 Å². The maximum atomic E-state index is 12.4. The van der Waals surface area contributed by atoms with Crippen molar-refractivity contribution in [3.63, 3.8) is 0 Å². The molecule has 1 aliphatic rings. The number of aromatic nitrogens is 1. The van der Waals surface area contributed by atoms with Crippen LogP contribution in [0.25, 0.3) is 10.9 Å². The van der Waals surface area contributed by atoms with Crippen LogP contribution in [0.3, 0.4) is 0 Å². The Hall–Kier alpha value is -3.68. The summed E-state index contributed by atoms with van der Waals surface area (Å²) in [5.41, 5.74) is 7.82. The Morgan fingerprint density at radius 3 is 2.45 bits per heavy atom. The Kier molecular flexibility index (Phi) is 8.49.